The summed E-state index contributed by atoms with van der Waals surface area (Å²) in [5.41, 5.74) is 1.19. The molecule has 3 N–H and O–H groups in total. The van der Waals surface area contributed by atoms with E-state index in [4.69, 9.17) is 24.5 Å². The molecule has 1 aliphatic heterocycles. The van der Waals surface area contributed by atoms with Crippen LogP contribution in [0.2, 0.25) is 0 Å². The summed E-state index contributed by atoms with van der Waals surface area (Å²) in [5, 5.41) is 17.7. The number of anilines is 1. The van der Waals surface area contributed by atoms with Gasteiger partial charge in [0.1, 0.15) is 0 Å². The molecular formula is C22H33N3O7. The van der Waals surface area contributed by atoms with E-state index in [9.17, 15) is 9.59 Å². The maximum atomic E-state index is 12.3. The molecule has 0 unspecified atom stereocenters. The maximum Gasteiger partial charge on any atom is 0.414 e. The summed E-state index contributed by atoms with van der Waals surface area (Å²) in [7, 11) is 4.14. The number of nitrogens with one attached hydrogen (secondary N) is 1. The van der Waals surface area contributed by atoms with Gasteiger partial charge in [-0.1, -0.05) is 13.3 Å². The Bertz CT molecular complexity index is 747. The van der Waals surface area contributed by atoms with Gasteiger partial charge in [0.15, 0.2) is 0 Å². The summed E-state index contributed by atoms with van der Waals surface area (Å²) in [4.78, 5) is 46.8. The van der Waals surface area contributed by atoms with Crippen LogP contribution < -0.4 is 5.32 Å². The number of likely N-dealkylation sites (tertiary alicyclic amines) is 1. The molecule has 178 valence electrons. The number of carbonyl (C=O) groups is 4. The first kappa shape index (κ1) is 27.1. The molecule has 0 aromatic heterocycles. The van der Waals surface area contributed by atoms with E-state index >= 15 is 0 Å². The second kappa shape index (κ2) is 14.2. The smallest absolute Gasteiger partial charge is 0.414 e. The molecule has 2 rings (SSSR count). The Morgan fingerprint density at radius 1 is 1.09 bits per heavy atom. The molecule has 10 heteroatoms. The van der Waals surface area contributed by atoms with E-state index in [2.05, 4.69) is 29.1 Å². The number of carboxylic acids is 2. The van der Waals surface area contributed by atoms with Crippen LogP contribution in [0, 0.1) is 0 Å². The van der Waals surface area contributed by atoms with E-state index in [1.165, 1.54) is 0 Å². The first-order valence-corrected chi connectivity index (χ1v) is 10.6. The number of amides is 1. The lowest BCUT2D eigenvalue weighted by Gasteiger charge is -2.34. The van der Waals surface area contributed by atoms with Crippen molar-refractivity contribution in [3.05, 3.63) is 29.8 Å². The van der Waals surface area contributed by atoms with Crippen LogP contribution >= 0.6 is 0 Å². The van der Waals surface area contributed by atoms with Crippen molar-refractivity contribution in [3.63, 3.8) is 0 Å². The highest BCUT2D eigenvalue weighted by Crippen LogP contribution is 2.15. The fourth-order valence-corrected chi connectivity index (χ4v) is 3.07. The number of carbonyl (C=O) groups excluding carboxylic acids is 2. The minimum absolute atomic E-state index is 0.0373. The highest BCUT2D eigenvalue weighted by atomic mass is 16.5. The monoisotopic (exact) mass is 451 g/mol. The van der Waals surface area contributed by atoms with E-state index < -0.39 is 11.9 Å². The summed E-state index contributed by atoms with van der Waals surface area (Å²) >= 11 is 0. The van der Waals surface area contributed by atoms with Gasteiger partial charge in [0.05, 0.1) is 18.7 Å². The summed E-state index contributed by atoms with van der Waals surface area (Å²) < 4.78 is 5.18. The lowest BCUT2D eigenvalue weighted by atomic mass is 10.0. The molecule has 0 radical (unpaired) electrons. The molecule has 1 aliphatic rings. The van der Waals surface area contributed by atoms with Crippen LogP contribution in [0.5, 0.6) is 0 Å². The number of aliphatic carboxylic acids is 2. The molecule has 1 aromatic carbocycles. The second-order valence-electron chi connectivity index (χ2n) is 7.67. The number of ether oxygens (including phenoxy) is 1. The molecule has 0 spiro atoms. The predicted octanol–water partition coefficient (Wildman–Crippen LogP) is 1.76. The predicted molar refractivity (Wildman–Crippen MR) is 119 cm³/mol. The van der Waals surface area contributed by atoms with Crippen LogP contribution in [0.3, 0.4) is 0 Å². The SMILES string of the molecule is CCCCOC(=O)c1ccc(NC(=O)CN(C)C2CCN(C)CC2)cc1.O=C(O)C(=O)O. The minimum atomic E-state index is -1.82. The summed E-state index contributed by atoms with van der Waals surface area (Å²) in [6, 6.07) is 7.31. The van der Waals surface area contributed by atoms with Gasteiger partial charge in [-0.3, -0.25) is 9.69 Å². The summed E-state index contributed by atoms with van der Waals surface area (Å²) in [6.07, 6.45) is 4.04. The number of benzene rings is 1. The number of carboxylic acid groups (broad SMARTS) is 2. The van der Waals surface area contributed by atoms with Crippen LogP contribution in [-0.2, 0) is 19.1 Å². The second-order valence-corrected chi connectivity index (χ2v) is 7.67. The van der Waals surface area contributed by atoms with Crippen molar-refractivity contribution in [3.8, 4) is 0 Å². The lowest BCUT2D eigenvalue weighted by Crippen LogP contribution is -2.44. The zero-order valence-corrected chi connectivity index (χ0v) is 18.9. The highest BCUT2D eigenvalue weighted by Gasteiger charge is 2.22. The van der Waals surface area contributed by atoms with Crippen molar-refractivity contribution >= 4 is 29.5 Å². The molecule has 0 atom stereocenters. The standard InChI is InChI=1S/C20H31N3O3.C2H2O4/c1-4-5-14-26-20(25)16-6-8-17(9-7-16)21-19(24)15-23(3)18-10-12-22(2)13-11-18;3-1(4)2(5)6/h6-9,18H,4-5,10-15H2,1-3H3,(H,21,24);(H,3,4)(H,5,6). The topological polar surface area (TPSA) is 136 Å². The molecule has 10 nitrogen and oxygen atoms in total. The van der Waals surface area contributed by atoms with E-state index in [0.717, 1.165) is 38.8 Å². The highest BCUT2D eigenvalue weighted by molar-refractivity contribution is 6.27. The molecule has 1 amide bonds. The first-order valence-electron chi connectivity index (χ1n) is 10.6. The third kappa shape index (κ3) is 10.4. The van der Waals surface area contributed by atoms with E-state index in [0.29, 0.717) is 30.4 Å². The van der Waals surface area contributed by atoms with Crippen LogP contribution in [0.4, 0.5) is 5.69 Å². The number of esters is 1. The molecule has 0 saturated carbocycles. The molecule has 0 bridgehead atoms. The number of piperidine rings is 1. The molecule has 1 fully saturated rings. The third-order valence-corrected chi connectivity index (χ3v) is 5.02. The largest absolute Gasteiger partial charge is 0.473 e. The molecule has 1 heterocycles. The lowest BCUT2D eigenvalue weighted by molar-refractivity contribution is -0.159. The Balaban J connectivity index is 0.000000751. The van der Waals surface area contributed by atoms with Gasteiger partial charge in [0, 0.05) is 11.7 Å². The van der Waals surface area contributed by atoms with Crippen molar-refractivity contribution in [2.45, 2.75) is 38.6 Å². The molecule has 1 saturated heterocycles. The van der Waals surface area contributed by atoms with Crippen molar-refractivity contribution in [2.24, 2.45) is 0 Å². The van der Waals surface area contributed by atoms with E-state index in [-0.39, 0.29) is 11.9 Å². The van der Waals surface area contributed by atoms with Gasteiger partial charge in [0.2, 0.25) is 5.91 Å². The van der Waals surface area contributed by atoms with Gasteiger partial charge in [-0.25, -0.2) is 14.4 Å². The van der Waals surface area contributed by atoms with Gasteiger partial charge in [-0.2, -0.15) is 0 Å². The number of nitrogens with zero attached hydrogens (tertiary/aromatic N) is 2. The quantitative estimate of drug-likeness (QED) is 0.307. The van der Waals surface area contributed by atoms with Crippen LogP contribution in [-0.4, -0.2) is 90.2 Å². The Kier molecular flexibility index (Phi) is 12.0. The van der Waals surface area contributed by atoms with Crippen molar-refractivity contribution in [1.82, 2.24) is 9.80 Å². The average Bonchev–Trinajstić information content (AvgIpc) is 2.75. The summed E-state index contributed by atoms with van der Waals surface area (Å²) in [5.74, 6) is -4.01. The Labute approximate surface area is 188 Å². The van der Waals surface area contributed by atoms with Crippen molar-refractivity contribution in [2.75, 3.05) is 45.7 Å². The molecule has 0 aliphatic carbocycles. The van der Waals surface area contributed by atoms with Crippen LogP contribution in [0.1, 0.15) is 43.0 Å². The van der Waals surface area contributed by atoms with Crippen LogP contribution in [0.25, 0.3) is 0 Å². The van der Waals surface area contributed by atoms with Crippen LogP contribution in [0.15, 0.2) is 24.3 Å². The Morgan fingerprint density at radius 2 is 1.66 bits per heavy atom. The Hall–Kier alpha value is -2.98. The fraction of sp³-hybridized carbons (Fsp3) is 0.545. The Morgan fingerprint density at radius 3 is 2.16 bits per heavy atom. The van der Waals surface area contributed by atoms with Crippen molar-refractivity contribution < 1.29 is 34.1 Å². The number of unbranched alkanes of at least 4 members (excludes halogenated alkanes) is 1. The van der Waals surface area contributed by atoms with Gasteiger partial charge in [-0.15, -0.1) is 0 Å². The molecule has 1 aromatic rings. The van der Waals surface area contributed by atoms with Gasteiger partial charge < -0.3 is 25.2 Å². The number of likely N-dealkylation sites (N-methyl/N-ethyl adjacent to an activating group) is 1. The van der Waals surface area contributed by atoms with Gasteiger partial charge in [0.25, 0.3) is 0 Å². The van der Waals surface area contributed by atoms with Gasteiger partial charge in [-0.05, 0) is 70.7 Å². The zero-order valence-electron chi connectivity index (χ0n) is 18.9. The maximum absolute atomic E-state index is 12.3. The molecule has 32 heavy (non-hydrogen) atoms. The summed E-state index contributed by atoms with van der Waals surface area (Å²) in [6.45, 7) is 5.01. The van der Waals surface area contributed by atoms with Crippen molar-refractivity contribution in [1.29, 1.82) is 0 Å². The van der Waals surface area contributed by atoms with Gasteiger partial charge >= 0.3 is 17.9 Å². The zero-order chi connectivity index (χ0) is 24.1. The first-order chi connectivity index (χ1) is 15.1. The third-order valence-electron chi connectivity index (χ3n) is 5.02. The van der Waals surface area contributed by atoms with E-state index in [1.807, 2.05) is 7.05 Å². The number of rotatable bonds is 8. The van der Waals surface area contributed by atoms with E-state index in [1.54, 1.807) is 24.3 Å². The normalized spacial score (nSPS) is 14.2. The number of hydrogen-bond acceptors (Lipinski definition) is 7. The average molecular weight is 452 g/mol. The minimum Gasteiger partial charge on any atom is -0.473 e. The fourth-order valence-electron chi connectivity index (χ4n) is 3.07. The molecular weight excluding hydrogens is 418 g/mol. The number of hydrogen-bond donors (Lipinski definition) is 3.